The highest BCUT2D eigenvalue weighted by Gasteiger charge is 2.61. The number of hydrogen-bond donors (Lipinski definition) is 0. The normalized spacial score (nSPS) is 38.4. The summed E-state index contributed by atoms with van der Waals surface area (Å²) in [4.78, 5) is 12.8. The Morgan fingerprint density at radius 3 is 2.46 bits per heavy atom. The zero-order valence-electron chi connectivity index (χ0n) is 25.6. The average molecular weight is 535 g/mol. The van der Waals surface area contributed by atoms with E-state index in [1.165, 1.54) is 50.5 Å². The topological polar surface area (TPSA) is 35.5 Å². The molecule has 0 amide bonds. The quantitative estimate of drug-likeness (QED) is 0.234. The van der Waals surface area contributed by atoms with Gasteiger partial charge in [-0.3, -0.25) is 0 Å². The van der Waals surface area contributed by atoms with Gasteiger partial charge in [-0.25, -0.2) is 4.79 Å². The lowest BCUT2D eigenvalue weighted by Crippen LogP contribution is -2.55. The standard InChI is InChI=1S/C36H54O3/c1-7-38-32-23-27-22-28(39-34(37)26-14-9-8-10-15-26)18-20-35(27,5)31-19-21-36(6)29(16-17-30(36)33(31)32)25(4)13-11-12-24(2)3/h8-10,14-15,23-25,28-33H,7,11-13,16-22H2,1-6H3/t25-,28-,29-,30+,31+,32+,33+,35-,36+/m0/s1. The van der Waals surface area contributed by atoms with Crippen molar-refractivity contribution < 1.29 is 14.3 Å². The van der Waals surface area contributed by atoms with Crippen molar-refractivity contribution in [2.75, 3.05) is 6.61 Å². The lowest BCUT2D eigenvalue weighted by Gasteiger charge is -2.60. The van der Waals surface area contributed by atoms with Crippen LogP contribution in [0.15, 0.2) is 42.0 Å². The predicted molar refractivity (Wildman–Crippen MR) is 159 cm³/mol. The molecule has 1 aromatic carbocycles. The third-order valence-corrected chi connectivity index (χ3v) is 11.9. The predicted octanol–water partition coefficient (Wildman–Crippen LogP) is 9.27. The Morgan fingerprint density at radius 2 is 1.74 bits per heavy atom. The van der Waals surface area contributed by atoms with E-state index in [4.69, 9.17) is 9.47 Å². The number of hydrogen-bond acceptors (Lipinski definition) is 3. The van der Waals surface area contributed by atoms with Crippen LogP contribution in [-0.4, -0.2) is 24.8 Å². The second-order valence-electron chi connectivity index (χ2n) is 14.5. The van der Waals surface area contributed by atoms with Crippen LogP contribution in [0.4, 0.5) is 0 Å². The van der Waals surface area contributed by atoms with E-state index >= 15 is 0 Å². The van der Waals surface area contributed by atoms with Crippen LogP contribution in [0.1, 0.15) is 116 Å². The van der Waals surface area contributed by atoms with Crippen molar-refractivity contribution in [1.82, 2.24) is 0 Å². The van der Waals surface area contributed by atoms with Crippen molar-refractivity contribution in [3.05, 3.63) is 47.5 Å². The molecule has 3 saturated carbocycles. The summed E-state index contributed by atoms with van der Waals surface area (Å²) in [6.45, 7) is 15.4. The Kier molecular flexibility index (Phi) is 8.68. The first-order valence-corrected chi connectivity index (χ1v) is 16.3. The van der Waals surface area contributed by atoms with Gasteiger partial charge in [0.05, 0.1) is 11.7 Å². The van der Waals surface area contributed by atoms with Crippen molar-refractivity contribution in [2.45, 2.75) is 118 Å². The third-order valence-electron chi connectivity index (χ3n) is 11.9. The van der Waals surface area contributed by atoms with Crippen LogP contribution in [0.3, 0.4) is 0 Å². The van der Waals surface area contributed by atoms with Gasteiger partial charge in [0.1, 0.15) is 6.10 Å². The molecule has 0 aliphatic heterocycles. The summed E-state index contributed by atoms with van der Waals surface area (Å²) in [5.74, 6) is 4.35. The number of carbonyl (C=O) groups is 1. The summed E-state index contributed by atoms with van der Waals surface area (Å²) in [5, 5.41) is 0. The number of carbonyl (C=O) groups excluding carboxylic acids is 1. The molecule has 3 nitrogen and oxygen atoms in total. The van der Waals surface area contributed by atoms with Gasteiger partial charge in [-0.05, 0) is 104 Å². The summed E-state index contributed by atoms with van der Waals surface area (Å²) in [6.07, 6.45) is 15.2. The molecule has 4 aliphatic carbocycles. The van der Waals surface area contributed by atoms with Crippen LogP contribution in [-0.2, 0) is 9.47 Å². The van der Waals surface area contributed by atoms with Crippen LogP contribution in [0, 0.1) is 46.3 Å². The highest BCUT2D eigenvalue weighted by atomic mass is 16.5. The molecule has 0 bridgehead atoms. The highest BCUT2D eigenvalue weighted by molar-refractivity contribution is 5.89. The molecule has 0 N–H and O–H groups in total. The van der Waals surface area contributed by atoms with E-state index in [2.05, 4.69) is 47.6 Å². The van der Waals surface area contributed by atoms with Gasteiger partial charge in [0.15, 0.2) is 0 Å². The molecule has 3 heteroatoms. The van der Waals surface area contributed by atoms with Gasteiger partial charge in [-0.2, -0.15) is 0 Å². The molecule has 0 saturated heterocycles. The summed E-state index contributed by atoms with van der Waals surface area (Å²) < 4.78 is 12.6. The largest absolute Gasteiger partial charge is 0.458 e. The molecule has 0 aromatic heterocycles. The second-order valence-corrected chi connectivity index (χ2v) is 14.5. The summed E-state index contributed by atoms with van der Waals surface area (Å²) in [7, 11) is 0. The number of fused-ring (bicyclic) bond motifs is 5. The maximum Gasteiger partial charge on any atom is 0.338 e. The van der Waals surface area contributed by atoms with Gasteiger partial charge in [0, 0.05) is 13.0 Å². The van der Waals surface area contributed by atoms with E-state index in [9.17, 15) is 4.79 Å². The first kappa shape index (κ1) is 28.9. The monoisotopic (exact) mass is 534 g/mol. The summed E-state index contributed by atoms with van der Waals surface area (Å²) >= 11 is 0. The summed E-state index contributed by atoms with van der Waals surface area (Å²) in [6, 6.07) is 9.45. The lowest BCUT2D eigenvalue weighted by molar-refractivity contribution is -0.113. The van der Waals surface area contributed by atoms with Crippen molar-refractivity contribution in [2.24, 2.45) is 46.3 Å². The van der Waals surface area contributed by atoms with Crippen LogP contribution < -0.4 is 0 Å². The molecule has 0 heterocycles. The fourth-order valence-electron chi connectivity index (χ4n) is 9.86. The Bertz CT molecular complexity index is 1010. The number of benzene rings is 1. The van der Waals surface area contributed by atoms with E-state index < -0.39 is 0 Å². The van der Waals surface area contributed by atoms with E-state index in [0.29, 0.717) is 22.8 Å². The van der Waals surface area contributed by atoms with Gasteiger partial charge in [-0.15, -0.1) is 0 Å². The molecule has 9 atom stereocenters. The van der Waals surface area contributed by atoms with Crippen LogP contribution in [0.25, 0.3) is 0 Å². The minimum absolute atomic E-state index is 0.0349. The molecule has 3 fully saturated rings. The fraction of sp³-hybridized carbons (Fsp3) is 0.750. The number of rotatable bonds is 9. The molecule has 1 aromatic rings. The molecule has 0 unspecified atom stereocenters. The molecule has 0 spiro atoms. The smallest absolute Gasteiger partial charge is 0.338 e. The van der Waals surface area contributed by atoms with Crippen LogP contribution in [0.2, 0.25) is 0 Å². The fourth-order valence-corrected chi connectivity index (χ4v) is 9.86. The van der Waals surface area contributed by atoms with E-state index in [1.807, 2.05) is 30.3 Å². The van der Waals surface area contributed by atoms with Gasteiger partial charge in [0.25, 0.3) is 0 Å². The van der Waals surface area contributed by atoms with Crippen molar-refractivity contribution >= 4 is 5.97 Å². The van der Waals surface area contributed by atoms with Gasteiger partial charge < -0.3 is 9.47 Å². The maximum absolute atomic E-state index is 12.8. The molecule has 39 heavy (non-hydrogen) atoms. The molecule has 5 rings (SSSR count). The minimum Gasteiger partial charge on any atom is -0.458 e. The van der Waals surface area contributed by atoms with Gasteiger partial charge in [0.2, 0.25) is 0 Å². The molecule has 216 valence electrons. The SMILES string of the molecule is CCO[C@@H]1C=C2C[C@@H](OC(=O)c3ccccc3)CC[C@]2(C)[C@@H]2CC[C@@]3(C)[C@H](CC[C@H]3[C@@H](C)CCCC(C)C)[C@H]21. The Morgan fingerprint density at radius 1 is 0.974 bits per heavy atom. The van der Waals surface area contributed by atoms with E-state index in [1.54, 1.807) is 0 Å². The van der Waals surface area contributed by atoms with Crippen molar-refractivity contribution in [1.29, 1.82) is 0 Å². The Balaban J connectivity index is 1.34. The average Bonchev–Trinajstić information content (AvgIpc) is 3.27. The zero-order valence-corrected chi connectivity index (χ0v) is 25.6. The van der Waals surface area contributed by atoms with Gasteiger partial charge >= 0.3 is 5.97 Å². The number of esters is 1. The highest BCUT2D eigenvalue weighted by Crippen LogP contribution is 2.67. The van der Waals surface area contributed by atoms with Gasteiger partial charge in [-0.1, -0.05) is 83.7 Å². The van der Waals surface area contributed by atoms with E-state index in [-0.39, 0.29) is 23.6 Å². The number of ether oxygens (including phenoxy) is 2. The lowest BCUT2D eigenvalue weighted by atomic mass is 9.46. The molecular formula is C36H54O3. The second kappa shape index (κ2) is 11.7. The van der Waals surface area contributed by atoms with E-state index in [0.717, 1.165) is 49.5 Å². The first-order valence-electron chi connectivity index (χ1n) is 16.3. The molecule has 4 aliphatic rings. The Hall–Kier alpha value is -1.61. The molecular weight excluding hydrogens is 480 g/mol. The zero-order chi connectivity index (χ0) is 27.8. The van der Waals surface area contributed by atoms with Crippen molar-refractivity contribution in [3.8, 4) is 0 Å². The van der Waals surface area contributed by atoms with Crippen molar-refractivity contribution in [3.63, 3.8) is 0 Å². The maximum atomic E-state index is 12.8. The van der Waals surface area contributed by atoms with Crippen LogP contribution >= 0.6 is 0 Å². The summed E-state index contributed by atoms with van der Waals surface area (Å²) in [5.41, 5.74) is 2.80. The molecule has 0 radical (unpaired) electrons. The first-order chi connectivity index (χ1) is 18.7. The van der Waals surface area contributed by atoms with Crippen LogP contribution in [0.5, 0.6) is 0 Å². The minimum atomic E-state index is -0.187. The Labute approximate surface area is 238 Å². The third kappa shape index (κ3) is 5.51.